The molecule has 7 nitrogen and oxygen atoms in total. The van der Waals surface area contributed by atoms with Crippen LogP contribution in [0.1, 0.15) is 63.8 Å². The summed E-state index contributed by atoms with van der Waals surface area (Å²) in [4.78, 5) is 3.83. The third-order valence-electron chi connectivity index (χ3n) is 8.55. The smallest absolute Gasteiger partial charge is 0.115 e. The van der Waals surface area contributed by atoms with E-state index in [-0.39, 0.29) is 10.8 Å². The normalized spacial score (nSPS) is 12.4. The van der Waals surface area contributed by atoms with Crippen molar-refractivity contribution in [3.63, 3.8) is 0 Å². The summed E-state index contributed by atoms with van der Waals surface area (Å²) in [5.74, 6) is 0. The van der Waals surface area contributed by atoms with Gasteiger partial charge in [-0.05, 0) is 57.3 Å². The molecule has 4 aromatic carbocycles. The van der Waals surface area contributed by atoms with E-state index in [0.29, 0.717) is 13.1 Å². The number of rotatable bonds is 6. The van der Waals surface area contributed by atoms with Crippen LogP contribution in [-0.4, -0.2) is 35.0 Å². The predicted octanol–water partition coefficient (Wildman–Crippen LogP) is 8.53. The lowest BCUT2D eigenvalue weighted by Gasteiger charge is -2.21. The zero-order chi connectivity index (χ0) is 31.3. The van der Waals surface area contributed by atoms with Gasteiger partial charge in [-0.25, -0.2) is 9.36 Å². The van der Waals surface area contributed by atoms with Crippen LogP contribution in [0, 0.1) is 0 Å². The van der Waals surface area contributed by atoms with E-state index in [1.165, 1.54) is 33.0 Å². The van der Waals surface area contributed by atoms with Gasteiger partial charge in [-0.3, -0.25) is 0 Å². The molecule has 3 aromatic heterocycles. The van der Waals surface area contributed by atoms with E-state index in [4.69, 9.17) is 0 Å². The monoisotopic (exact) mass is 593 g/mol. The fourth-order valence-electron chi connectivity index (χ4n) is 5.91. The van der Waals surface area contributed by atoms with E-state index < -0.39 is 0 Å². The van der Waals surface area contributed by atoms with Gasteiger partial charge in [0.25, 0.3) is 0 Å². The maximum atomic E-state index is 4.67. The maximum absolute atomic E-state index is 4.67. The summed E-state index contributed by atoms with van der Waals surface area (Å²) in [5.41, 5.74) is 10.6. The van der Waals surface area contributed by atoms with Crippen LogP contribution in [0.3, 0.4) is 0 Å². The summed E-state index contributed by atoms with van der Waals surface area (Å²) in [6, 6.07) is 30.0. The van der Waals surface area contributed by atoms with Gasteiger partial charge in [-0.2, -0.15) is 0 Å². The largest absolute Gasteiger partial charge is 0.353 e. The molecular weight excluding hydrogens is 554 g/mol. The average Bonchev–Trinajstić information content (AvgIpc) is 3.75. The van der Waals surface area contributed by atoms with Crippen LogP contribution in [0.25, 0.3) is 44.3 Å². The summed E-state index contributed by atoms with van der Waals surface area (Å²) in [6.07, 6.45) is 4.10. The molecule has 0 amide bonds. The Morgan fingerprint density at radius 2 is 0.956 bits per heavy atom. The van der Waals surface area contributed by atoms with Crippen molar-refractivity contribution in [1.82, 2.24) is 35.0 Å². The Morgan fingerprint density at radius 3 is 1.33 bits per heavy atom. The van der Waals surface area contributed by atoms with Crippen molar-refractivity contribution in [2.75, 3.05) is 0 Å². The molecule has 0 fully saturated rings. The van der Waals surface area contributed by atoms with Crippen molar-refractivity contribution in [2.24, 2.45) is 0 Å². The second-order valence-corrected chi connectivity index (χ2v) is 14.1. The highest BCUT2D eigenvalue weighted by atomic mass is 15.4. The zero-order valence-electron chi connectivity index (χ0n) is 26.8. The fraction of sp³-hybridized carbons (Fsp3) is 0.263. The van der Waals surface area contributed by atoms with Crippen molar-refractivity contribution in [1.29, 1.82) is 0 Å². The van der Waals surface area contributed by atoms with E-state index in [2.05, 4.69) is 152 Å². The van der Waals surface area contributed by atoms with E-state index in [1.54, 1.807) is 0 Å². The van der Waals surface area contributed by atoms with Gasteiger partial charge in [0.2, 0.25) is 0 Å². The van der Waals surface area contributed by atoms with Gasteiger partial charge in [0.1, 0.15) is 11.4 Å². The third kappa shape index (κ3) is 5.66. The van der Waals surface area contributed by atoms with Crippen LogP contribution >= 0.6 is 0 Å². The van der Waals surface area contributed by atoms with Gasteiger partial charge in [-0.15, -0.1) is 10.2 Å². The first-order valence-electron chi connectivity index (χ1n) is 15.6. The Bertz CT molecular complexity index is 1970. The van der Waals surface area contributed by atoms with Gasteiger partial charge in [-0.1, -0.05) is 113 Å². The minimum Gasteiger partial charge on any atom is -0.353 e. The number of nitrogens with zero attached hydrogens (tertiary/aromatic N) is 6. The molecule has 7 heteroatoms. The van der Waals surface area contributed by atoms with Crippen LogP contribution < -0.4 is 0 Å². The number of aromatic nitrogens is 7. The molecule has 0 saturated heterocycles. The fourth-order valence-corrected chi connectivity index (χ4v) is 5.91. The van der Waals surface area contributed by atoms with Gasteiger partial charge in [0.05, 0.1) is 36.5 Å². The first kappa shape index (κ1) is 28.7. The highest BCUT2D eigenvalue weighted by Crippen LogP contribution is 2.41. The lowest BCUT2D eigenvalue weighted by Crippen LogP contribution is -2.11. The van der Waals surface area contributed by atoms with Crippen LogP contribution in [0.15, 0.2) is 97.3 Å². The lowest BCUT2D eigenvalue weighted by molar-refractivity contribution is 0.590. The summed E-state index contributed by atoms with van der Waals surface area (Å²) < 4.78 is 3.83. The number of nitrogens with one attached hydrogen (secondary N) is 1. The molecule has 0 atom stereocenters. The molecule has 7 rings (SSSR count). The van der Waals surface area contributed by atoms with Crippen LogP contribution in [0.2, 0.25) is 0 Å². The number of hydrogen-bond donors (Lipinski definition) is 1. The van der Waals surface area contributed by atoms with Crippen molar-refractivity contribution >= 4 is 21.8 Å². The molecule has 0 aliphatic rings. The molecule has 3 heterocycles. The Hall–Kier alpha value is -5.04. The first-order valence-corrected chi connectivity index (χ1v) is 15.6. The molecular formula is C38H39N7. The molecule has 0 aliphatic heterocycles. The molecule has 0 unspecified atom stereocenters. The summed E-state index contributed by atoms with van der Waals surface area (Å²) in [7, 11) is 0. The molecule has 1 N–H and O–H groups in total. The molecule has 0 radical (unpaired) electrons. The van der Waals surface area contributed by atoms with Crippen molar-refractivity contribution in [3.8, 4) is 22.5 Å². The summed E-state index contributed by atoms with van der Waals surface area (Å²) in [6.45, 7) is 14.9. The quantitative estimate of drug-likeness (QED) is 0.210. The van der Waals surface area contributed by atoms with E-state index >= 15 is 0 Å². The standard InChI is InChI=1S/C38H39N7/c1-37(2,3)27-17-29-30-18-28(38(4,5)6)20-32(34-24-45(43-41-34)22-26-15-11-8-12-16-26)36(30)39-35(29)31(19-27)33-23-44(42-40-33)21-25-13-9-7-10-14-25/h7-20,23-24,39H,21-22H2,1-6H3. The van der Waals surface area contributed by atoms with E-state index in [0.717, 1.165) is 33.5 Å². The molecule has 226 valence electrons. The van der Waals surface area contributed by atoms with Crippen molar-refractivity contribution < 1.29 is 0 Å². The number of aromatic amines is 1. The highest BCUT2D eigenvalue weighted by Gasteiger charge is 2.24. The van der Waals surface area contributed by atoms with Crippen LogP contribution in [0.4, 0.5) is 0 Å². The van der Waals surface area contributed by atoms with Crippen molar-refractivity contribution in [3.05, 3.63) is 120 Å². The Balaban J connectivity index is 1.42. The predicted molar refractivity (Wildman–Crippen MR) is 182 cm³/mol. The molecule has 0 spiro atoms. The lowest BCUT2D eigenvalue weighted by atomic mass is 9.83. The van der Waals surface area contributed by atoms with Gasteiger partial charge in [0.15, 0.2) is 0 Å². The molecule has 45 heavy (non-hydrogen) atoms. The molecule has 0 aliphatic carbocycles. The van der Waals surface area contributed by atoms with E-state index in [1.807, 2.05) is 21.5 Å². The summed E-state index contributed by atoms with van der Waals surface area (Å²) >= 11 is 0. The molecule has 0 saturated carbocycles. The minimum absolute atomic E-state index is 0.0584. The second kappa shape index (κ2) is 10.8. The van der Waals surface area contributed by atoms with Gasteiger partial charge >= 0.3 is 0 Å². The SMILES string of the molecule is CC(C)(C)c1cc(-c2cn(Cc3ccccc3)nn2)c2[nH]c3c(-c4cn(Cc5ccccc5)nn4)cc(C(C)(C)C)cc3c2c1. The van der Waals surface area contributed by atoms with Crippen LogP contribution in [-0.2, 0) is 23.9 Å². The molecule has 7 aromatic rings. The van der Waals surface area contributed by atoms with Gasteiger partial charge in [0, 0.05) is 21.9 Å². The summed E-state index contributed by atoms with van der Waals surface area (Å²) in [5, 5.41) is 20.7. The number of H-pyrrole nitrogens is 1. The third-order valence-corrected chi connectivity index (χ3v) is 8.55. The Morgan fingerprint density at radius 1 is 0.556 bits per heavy atom. The number of hydrogen-bond acceptors (Lipinski definition) is 4. The second-order valence-electron chi connectivity index (χ2n) is 14.1. The van der Waals surface area contributed by atoms with E-state index in [9.17, 15) is 0 Å². The topological polar surface area (TPSA) is 77.2 Å². The van der Waals surface area contributed by atoms with Gasteiger partial charge < -0.3 is 4.98 Å². The number of fused-ring (bicyclic) bond motifs is 3. The Labute approximate surface area is 263 Å². The minimum atomic E-state index is -0.0584. The molecule has 0 bridgehead atoms. The zero-order valence-corrected chi connectivity index (χ0v) is 26.8. The Kier molecular flexibility index (Phi) is 6.92. The number of benzene rings is 4. The maximum Gasteiger partial charge on any atom is 0.115 e. The average molecular weight is 594 g/mol. The van der Waals surface area contributed by atoms with Crippen molar-refractivity contribution in [2.45, 2.75) is 65.5 Å². The first-order chi connectivity index (χ1) is 21.5. The highest BCUT2D eigenvalue weighted by molar-refractivity contribution is 6.15. The van der Waals surface area contributed by atoms with Crippen LogP contribution in [0.5, 0.6) is 0 Å².